The standard InChI is InChI=1S/C27H25N3O4/c1-19-26(20(2)30(29-19)22-13-7-4-8-14-22)28-25(31)18-34-27(32)23-15-9-10-16-24(23)33-17-21-11-5-3-6-12-21/h3-16H,17-18H2,1-2H3,(H,28,31). The predicted molar refractivity (Wildman–Crippen MR) is 129 cm³/mol. The number of amides is 1. The topological polar surface area (TPSA) is 82.5 Å². The van der Waals surface area contributed by atoms with Crippen LogP contribution in [0.1, 0.15) is 27.3 Å². The van der Waals surface area contributed by atoms with E-state index in [0.717, 1.165) is 16.9 Å². The lowest BCUT2D eigenvalue weighted by Crippen LogP contribution is -2.22. The molecule has 34 heavy (non-hydrogen) atoms. The SMILES string of the molecule is Cc1nn(-c2ccccc2)c(C)c1NC(=O)COC(=O)c1ccccc1OCc1ccccc1. The van der Waals surface area contributed by atoms with Crippen molar-refractivity contribution >= 4 is 17.6 Å². The Bertz CT molecular complexity index is 1280. The molecule has 0 saturated carbocycles. The number of benzene rings is 3. The first-order chi connectivity index (χ1) is 16.5. The molecule has 4 aromatic rings. The Morgan fingerprint density at radius 1 is 0.882 bits per heavy atom. The number of anilines is 1. The Hall–Kier alpha value is -4.39. The van der Waals surface area contributed by atoms with Crippen molar-refractivity contribution < 1.29 is 19.1 Å². The number of hydrogen-bond acceptors (Lipinski definition) is 5. The fourth-order valence-electron chi connectivity index (χ4n) is 3.52. The summed E-state index contributed by atoms with van der Waals surface area (Å²) in [6.45, 7) is 3.57. The van der Waals surface area contributed by atoms with Crippen LogP contribution >= 0.6 is 0 Å². The van der Waals surface area contributed by atoms with Crippen molar-refractivity contribution in [3.8, 4) is 11.4 Å². The summed E-state index contributed by atoms with van der Waals surface area (Å²) in [5.41, 5.74) is 4.17. The second-order valence-electron chi connectivity index (χ2n) is 7.69. The Kier molecular flexibility index (Phi) is 7.03. The van der Waals surface area contributed by atoms with Gasteiger partial charge in [0.1, 0.15) is 17.9 Å². The van der Waals surface area contributed by atoms with Gasteiger partial charge >= 0.3 is 5.97 Å². The number of hydrogen-bond donors (Lipinski definition) is 1. The molecule has 4 rings (SSSR count). The smallest absolute Gasteiger partial charge is 0.342 e. The van der Waals surface area contributed by atoms with Gasteiger partial charge in [0, 0.05) is 0 Å². The van der Waals surface area contributed by atoms with Crippen LogP contribution in [-0.4, -0.2) is 28.3 Å². The Labute approximate surface area is 197 Å². The van der Waals surface area contributed by atoms with E-state index in [0.29, 0.717) is 23.7 Å². The number of nitrogens with one attached hydrogen (secondary N) is 1. The van der Waals surface area contributed by atoms with Gasteiger partial charge in [-0.3, -0.25) is 4.79 Å². The van der Waals surface area contributed by atoms with Crippen LogP contribution in [0.2, 0.25) is 0 Å². The molecule has 0 unspecified atom stereocenters. The van der Waals surface area contributed by atoms with Gasteiger partial charge in [0.05, 0.1) is 22.8 Å². The number of ether oxygens (including phenoxy) is 2. The molecule has 0 spiro atoms. The number of esters is 1. The summed E-state index contributed by atoms with van der Waals surface area (Å²) in [6, 6.07) is 26.1. The third-order valence-electron chi connectivity index (χ3n) is 5.23. The molecule has 0 fully saturated rings. The van der Waals surface area contributed by atoms with Crippen molar-refractivity contribution in [2.24, 2.45) is 0 Å². The minimum atomic E-state index is -0.632. The number of rotatable bonds is 8. The van der Waals surface area contributed by atoms with Crippen molar-refractivity contribution in [1.82, 2.24) is 9.78 Å². The van der Waals surface area contributed by atoms with Crippen molar-refractivity contribution in [3.63, 3.8) is 0 Å². The molecule has 0 aliphatic carbocycles. The number of aromatic nitrogens is 2. The van der Waals surface area contributed by atoms with Crippen LogP contribution in [0.25, 0.3) is 5.69 Å². The molecule has 0 aliphatic heterocycles. The average Bonchev–Trinajstić information content (AvgIpc) is 3.15. The van der Waals surface area contributed by atoms with Gasteiger partial charge in [-0.2, -0.15) is 5.10 Å². The lowest BCUT2D eigenvalue weighted by molar-refractivity contribution is -0.119. The third-order valence-corrected chi connectivity index (χ3v) is 5.23. The Morgan fingerprint density at radius 3 is 2.26 bits per heavy atom. The lowest BCUT2D eigenvalue weighted by atomic mass is 10.2. The minimum absolute atomic E-state index is 0.260. The maximum absolute atomic E-state index is 12.7. The fraction of sp³-hybridized carbons (Fsp3) is 0.148. The zero-order valence-electron chi connectivity index (χ0n) is 19.0. The largest absolute Gasteiger partial charge is 0.488 e. The van der Waals surface area contributed by atoms with E-state index in [4.69, 9.17) is 9.47 Å². The van der Waals surface area contributed by atoms with Gasteiger partial charge in [-0.15, -0.1) is 0 Å². The molecule has 0 radical (unpaired) electrons. The summed E-state index contributed by atoms with van der Waals surface area (Å²) in [4.78, 5) is 25.2. The van der Waals surface area contributed by atoms with Crippen LogP contribution in [0.5, 0.6) is 5.75 Å². The lowest BCUT2D eigenvalue weighted by Gasteiger charge is -2.12. The zero-order chi connectivity index (χ0) is 23.9. The summed E-state index contributed by atoms with van der Waals surface area (Å²) >= 11 is 0. The average molecular weight is 456 g/mol. The highest BCUT2D eigenvalue weighted by Gasteiger charge is 2.18. The van der Waals surface area contributed by atoms with E-state index in [1.165, 1.54) is 0 Å². The van der Waals surface area contributed by atoms with Crippen molar-refractivity contribution in [1.29, 1.82) is 0 Å². The van der Waals surface area contributed by atoms with Crippen LogP contribution in [0, 0.1) is 13.8 Å². The van der Waals surface area contributed by atoms with Crippen molar-refractivity contribution in [2.75, 3.05) is 11.9 Å². The first kappa shape index (κ1) is 22.8. The van der Waals surface area contributed by atoms with Crippen LogP contribution in [-0.2, 0) is 16.1 Å². The van der Waals surface area contributed by atoms with E-state index in [-0.39, 0.29) is 5.56 Å². The Balaban J connectivity index is 1.38. The van der Waals surface area contributed by atoms with E-state index in [9.17, 15) is 9.59 Å². The zero-order valence-corrected chi connectivity index (χ0v) is 19.0. The molecule has 1 heterocycles. The van der Waals surface area contributed by atoms with Crippen LogP contribution in [0.3, 0.4) is 0 Å². The summed E-state index contributed by atoms with van der Waals surface area (Å²) in [5, 5.41) is 7.32. The number of carbonyl (C=O) groups is 2. The molecule has 7 nitrogen and oxygen atoms in total. The predicted octanol–water partition coefficient (Wildman–Crippen LogP) is 4.86. The number of nitrogens with zero attached hydrogens (tertiary/aromatic N) is 2. The van der Waals surface area contributed by atoms with Crippen LogP contribution in [0.4, 0.5) is 5.69 Å². The fourth-order valence-corrected chi connectivity index (χ4v) is 3.52. The quantitative estimate of drug-likeness (QED) is 0.384. The summed E-state index contributed by atoms with van der Waals surface area (Å²) in [6.07, 6.45) is 0. The van der Waals surface area contributed by atoms with Gasteiger partial charge in [0.25, 0.3) is 5.91 Å². The molecular formula is C27H25N3O4. The third kappa shape index (κ3) is 5.32. The highest BCUT2D eigenvalue weighted by Crippen LogP contribution is 2.23. The van der Waals surface area contributed by atoms with Gasteiger partial charge in [-0.05, 0) is 43.7 Å². The van der Waals surface area contributed by atoms with Crippen LogP contribution < -0.4 is 10.1 Å². The minimum Gasteiger partial charge on any atom is -0.488 e. The number of carbonyl (C=O) groups excluding carboxylic acids is 2. The van der Waals surface area contributed by atoms with E-state index in [2.05, 4.69) is 10.4 Å². The monoisotopic (exact) mass is 455 g/mol. The normalized spacial score (nSPS) is 10.5. The number of aryl methyl sites for hydroxylation is 1. The maximum Gasteiger partial charge on any atom is 0.342 e. The molecule has 0 aliphatic rings. The molecular weight excluding hydrogens is 430 g/mol. The molecule has 1 amide bonds. The second kappa shape index (κ2) is 10.5. The van der Waals surface area contributed by atoms with E-state index < -0.39 is 18.5 Å². The second-order valence-corrected chi connectivity index (χ2v) is 7.69. The van der Waals surface area contributed by atoms with Gasteiger partial charge < -0.3 is 14.8 Å². The highest BCUT2D eigenvalue weighted by molar-refractivity contribution is 5.97. The van der Waals surface area contributed by atoms with E-state index >= 15 is 0 Å². The van der Waals surface area contributed by atoms with E-state index in [1.807, 2.05) is 74.5 Å². The van der Waals surface area contributed by atoms with Crippen molar-refractivity contribution in [3.05, 3.63) is 107 Å². The molecule has 0 saturated heterocycles. The molecule has 3 aromatic carbocycles. The maximum atomic E-state index is 12.7. The van der Waals surface area contributed by atoms with Gasteiger partial charge in [-0.1, -0.05) is 60.7 Å². The van der Waals surface area contributed by atoms with Gasteiger partial charge in [0.15, 0.2) is 6.61 Å². The molecule has 0 bridgehead atoms. The summed E-state index contributed by atoms with van der Waals surface area (Å²) in [7, 11) is 0. The van der Waals surface area contributed by atoms with Crippen molar-refractivity contribution in [2.45, 2.75) is 20.5 Å². The first-order valence-electron chi connectivity index (χ1n) is 10.9. The Morgan fingerprint density at radius 2 is 1.53 bits per heavy atom. The molecule has 1 N–H and O–H groups in total. The molecule has 1 aromatic heterocycles. The summed E-state index contributed by atoms with van der Waals surface area (Å²) < 4.78 is 12.8. The summed E-state index contributed by atoms with van der Waals surface area (Å²) in [5.74, 6) is -0.685. The number of para-hydroxylation sites is 2. The molecule has 172 valence electrons. The van der Waals surface area contributed by atoms with Crippen LogP contribution in [0.15, 0.2) is 84.9 Å². The van der Waals surface area contributed by atoms with E-state index in [1.54, 1.807) is 28.9 Å². The van der Waals surface area contributed by atoms with Gasteiger partial charge in [0.2, 0.25) is 0 Å². The first-order valence-corrected chi connectivity index (χ1v) is 10.9. The molecule has 7 heteroatoms. The van der Waals surface area contributed by atoms with Gasteiger partial charge in [-0.25, -0.2) is 9.48 Å². The highest BCUT2D eigenvalue weighted by atomic mass is 16.5. The molecule has 0 atom stereocenters.